The predicted octanol–water partition coefficient (Wildman–Crippen LogP) is 2.72. The molecule has 0 radical (unpaired) electrons. The van der Waals surface area contributed by atoms with Gasteiger partial charge in [0.2, 0.25) is 0 Å². The van der Waals surface area contributed by atoms with Crippen LogP contribution >= 0.6 is 0 Å². The van der Waals surface area contributed by atoms with Crippen molar-refractivity contribution in [3.8, 4) is 0 Å². The molecular weight excluding hydrogens is 238 g/mol. The minimum atomic E-state index is -0.0250. The largest absolute Gasteiger partial charge is 0.462 e. The number of aliphatic hydroxyl groups is 1. The molecule has 1 aliphatic heterocycles. The van der Waals surface area contributed by atoms with Gasteiger partial charge in [-0.25, -0.2) is 0 Å². The Bertz CT molecular complexity index is 547. The van der Waals surface area contributed by atoms with Crippen molar-refractivity contribution >= 4 is 0 Å². The van der Waals surface area contributed by atoms with Crippen molar-refractivity contribution in [2.75, 3.05) is 6.54 Å². The van der Waals surface area contributed by atoms with E-state index in [4.69, 9.17) is 9.52 Å². The van der Waals surface area contributed by atoms with Gasteiger partial charge in [-0.05, 0) is 42.6 Å². The van der Waals surface area contributed by atoms with Crippen molar-refractivity contribution in [1.29, 1.82) is 0 Å². The van der Waals surface area contributed by atoms with E-state index in [2.05, 4.69) is 29.2 Å². The average Bonchev–Trinajstić information content (AvgIpc) is 2.78. The van der Waals surface area contributed by atoms with Crippen LogP contribution in [-0.4, -0.2) is 16.6 Å². The van der Waals surface area contributed by atoms with Crippen LogP contribution in [0.15, 0.2) is 40.8 Å². The fraction of sp³-hybridized carbons (Fsp3) is 0.375. The van der Waals surface area contributed by atoms with Crippen LogP contribution in [-0.2, 0) is 26.1 Å². The van der Waals surface area contributed by atoms with Crippen LogP contribution in [0.3, 0.4) is 0 Å². The summed E-state index contributed by atoms with van der Waals surface area (Å²) in [6, 6.07) is 12.5. The van der Waals surface area contributed by atoms with Gasteiger partial charge in [0.25, 0.3) is 0 Å². The molecule has 0 amide bonds. The highest BCUT2D eigenvalue weighted by atomic mass is 16.4. The Kier molecular flexibility index (Phi) is 3.67. The predicted molar refractivity (Wildman–Crippen MR) is 73.5 cm³/mol. The molecule has 0 spiro atoms. The van der Waals surface area contributed by atoms with Crippen LogP contribution in [0.4, 0.5) is 0 Å². The first-order chi connectivity index (χ1) is 9.35. The first-order valence-corrected chi connectivity index (χ1v) is 6.83. The number of nitrogens with zero attached hydrogens (tertiary/aromatic N) is 1. The van der Waals surface area contributed by atoms with Crippen molar-refractivity contribution in [2.45, 2.75) is 32.5 Å². The number of rotatable bonds is 3. The lowest BCUT2D eigenvalue weighted by molar-refractivity contribution is 0.216. The minimum absolute atomic E-state index is 0.0250. The van der Waals surface area contributed by atoms with Gasteiger partial charge in [0.15, 0.2) is 0 Å². The molecule has 0 bridgehead atoms. The molecule has 1 N–H and O–H groups in total. The molecule has 0 unspecified atom stereocenters. The molecule has 0 saturated carbocycles. The van der Waals surface area contributed by atoms with Gasteiger partial charge >= 0.3 is 0 Å². The number of furan rings is 1. The quantitative estimate of drug-likeness (QED) is 0.918. The fourth-order valence-electron chi connectivity index (χ4n) is 2.72. The van der Waals surface area contributed by atoms with Gasteiger partial charge in [-0.15, -0.1) is 0 Å². The van der Waals surface area contributed by atoms with Gasteiger partial charge in [-0.1, -0.05) is 24.3 Å². The zero-order valence-corrected chi connectivity index (χ0v) is 11.0. The number of aryl methyl sites for hydroxylation is 1. The molecule has 2 heterocycles. The van der Waals surface area contributed by atoms with Crippen molar-refractivity contribution in [2.24, 2.45) is 0 Å². The summed E-state index contributed by atoms with van der Waals surface area (Å²) < 4.78 is 5.57. The van der Waals surface area contributed by atoms with Gasteiger partial charge in [0.05, 0.1) is 6.54 Å². The number of hydrogen-bond acceptors (Lipinski definition) is 3. The molecule has 3 heteroatoms. The first kappa shape index (κ1) is 12.5. The lowest BCUT2D eigenvalue weighted by Crippen LogP contribution is -2.22. The highest BCUT2D eigenvalue weighted by Crippen LogP contribution is 2.20. The van der Waals surface area contributed by atoms with Gasteiger partial charge in [0, 0.05) is 6.54 Å². The van der Waals surface area contributed by atoms with Crippen molar-refractivity contribution in [1.82, 2.24) is 4.90 Å². The van der Waals surface area contributed by atoms with Gasteiger partial charge in [0.1, 0.15) is 18.1 Å². The Morgan fingerprint density at radius 2 is 1.84 bits per heavy atom. The molecule has 3 nitrogen and oxygen atoms in total. The highest BCUT2D eigenvalue weighted by Gasteiger charge is 2.15. The zero-order valence-electron chi connectivity index (χ0n) is 11.0. The van der Waals surface area contributed by atoms with E-state index in [9.17, 15) is 0 Å². The first-order valence-electron chi connectivity index (χ1n) is 6.83. The van der Waals surface area contributed by atoms with E-state index in [0.717, 1.165) is 31.8 Å². The second kappa shape index (κ2) is 5.59. The minimum Gasteiger partial charge on any atom is -0.462 e. The Hall–Kier alpha value is -1.58. The van der Waals surface area contributed by atoms with Gasteiger partial charge in [-0.3, -0.25) is 4.90 Å². The monoisotopic (exact) mass is 257 g/mol. The van der Waals surface area contributed by atoms with E-state index in [1.165, 1.54) is 17.5 Å². The Balaban J connectivity index is 1.72. The standard InChI is InChI=1S/C16H19NO2/c18-12-16-8-7-15(19-16)11-17-9-3-6-13-4-1-2-5-14(13)10-17/h1-2,4-5,7-8,18H,3,6,9-12H2. The molecule has 0 atom stereocenters. The SMILES string of the molecule is OCc1ccc(CN2CCCc3ccccc3C2)o1. The molecular formula is C16H19NO2. The van der Waals surface area contributed by atoms with Crippen LogP contribution in [0, 0.1) is 0 Å². The van der Waals surface area contributed by atoms with Crippen LogP contribution in [0.2, 0.25) is 0 Å². The van der Waals surface area contributed by atoms with E-state index < -0.39 is 0 Å². The summed E-state index contributed by atoms with van der Waals surface area (Å²) >= 11 is 0. The smallest absolute Gasteiger partial charge is 0.129 e. The van der Waals surface area contributed by atoms with Crippen LogP contribution < -0.4 is 0 Å². The molecule has 0 aliphatic carbocycles. The number of benzene rings is 1. The maximum Gasteiger partial charge on any atom is 0.129 e. The topological polar surface area (TPSA) is 36.6 Å². The second-order valence-corrected chi connectivity index (χ2v) is 5.11. The summed E-state index contributed by atoms with van der Waals surface area (Å²) in [5.74, 6) is 1.58. The van der Waals surface area contributed by atoms with E-state index >= 15 is 0 Å². The number of fused-ring (bicyclic) bond motifs is 1. The summed E-state index contributed by atoms with van der Waals surface area (Å²) in [5.41, 5.74) is 2.90. The Morgan fingerprint density at radius 3 is 2.63 bits per heavy atom. The third-order valence-electron chi connectivity index (χ3n) is 3.69. The summed E-state index contributed by atoms with van der Waals surface area (Å²) in [5, 5.41) is 9.02. The third kappa shape index (κ3) is 2.88. The van der Waals surface area contributed by atoms with Crippen molar-refractivity contribution in [3.63, 3.8) is 0 Å². The van der Waals surface area contributed by atoms with E-state index in [0.29, 0.717) is 5.76 Å². The highest BCUT2D eigenvalue weighted by molar-refractivity contribution is 5.28. The lowest BCUT2D eigenvalue weighted by Gasteiger charge is -2.18. The van der Waals surface area contributed by atoms with E-state index in [1.807, 2.05) is 12.1 Å². The molecule has 0 saturated heterocycles. The lowest BCUT2D eigenvalue weighted by atomic mass is 10.0. The normalized spacial score (nSPS) is 16.1. The third-order valence-corrected chi connectivity index (χ3v) is 3.69. The Labute approximate surface area is 113 Å². The average molecular weight is 257 g/mol. The molecule has 1 aliphatic rings. The molecule has 1 aromatic carbocycles. The zero-order chi connectivity index (χ0) is 13.1. The van der Waals surface area contributed by atoms with Crippen molar-refractivity contribution < 1.29 is 9.52 Å². The summed E-state index contributed by atoms with van der Waals surface area (Å²) in [7, 11) is 0. The Morgan fingerprint density at radius 1 is 1.05 bits per heavy atom. The molecule has 100 valence electrons. The number of hydrogen-bond donors (Lipinski definition) is 1. The van der Waals surface area contributed by atoms with E-state index in [1.54, 1.807) is 0 Å². The molecule has 3 rings (SSSR count). The van der Waals surface area contributed by atoms with Crippen molar-refractivity contribution in [3.05, 3.63) is 59.0 Å². The number of aliphatic hydroxyl groups excluding tert-OH is 1. The van der Waals surface area contributed by atoms with Crippen LogP contribution in [0.25, 0.3) is 0 Å². The van der Waals surface area contributed by atoms with Crippen LogP contribution in [0.5, 0.6) is 0 Å². The van der Waals surface area contributed by atoms with Crippen LogP contribution in [0.1, 0.15) is 29.1 Å². The molecule has 19 heavy (non-hydrogen) atoms. The van der Waals surface area contributed by atoms with Gasteiger partial charge in [-0.2, -0.15) is 0 Å². The fourth-order valence-corrected chi connectivity index (χ4v) is 2.72. The van der Waals surface area contributed by atoms with Gasteiger partial charge < -0.3 is 9.52 Å². The molecule has 2 aromatic rings. The summed E-state index contributed by atoms with van der Waals surface area (Å²) in [4.78, 5) is 2.41. The summed E-state index contributed by atoms with van der Waals surface area (Å²) in [6.45, 7) is 2.85. The summed E-state index contributed by atoms with van der Waals surface area (Å²) in [6.07, 6.45) is 2.34. The second-order valence-electron chi connectivity index (χ2n) is 5.11. The van der Waals surface area contributed by atoms with E-state index in [-0.39, 0.29) is 6.61 Å². The maximum absolute atomic E-state index is 9.02. The maximum atomic E-state index is 9.02. The molecule has 1 aromatic heterocycles. The molecule has 0 fully saturated rings.